The quantitative estimate of drug-likeness (QED) is 0.629. The molecule has 32 heavy (non-hydrogen) atoms. The van der Waals surface area contributed by atoms with E-state index in [4.69, 9.17) is 4.74 Å². The zero-order valence-electron chi connectivity index (χ0n) is 17.9. The van der Waals surface area contributed by atoms with Gasteiger partial charge in [-0.25, -0.2) is 13.4 Å². The number of piperazine rings is 1. The molecule has 1 unspecified atom stereocenters. The molecule has 2 fully saturated rings. The van der Waals surface area contributed by atoms with Crippen LogP contribution in [0.4, 0.5) is 0 Å². The second kappa shape index (κ2) is 8.89. The number of amides is 3. The minimum Gasteiger partial charge on any atom is -0.497 e. The predicted octanol–water partition coefficient (Wildman–Crippen LogP) is 0.145. The van der Waals surface area contributed by atoms with Gasteiger partial charge in [-0.1, -0.05) is 0 Å². The van der Waals surface area contributed by atoms with Gasteiger partial charge in [0.05, 0.1) is 24.7 Å². The van der Waals surface area contributed by atoms with Crippen molar-refractivity contribution in [1.82, 2.24) is 14.8 Å². The molecule has 0 spiro atoms. The molecule has 0 N–H and O–H groups in total. The predicted molar refractivity (Wildman–Crippen MR) is 116 cm³/mol. The van der Waals surface area contributed by atoms with Gasteiger partial charge in [0.1, 0.15) is 11.5 Å². The number of nitrogens with zero attached hydrogens (tertiary/aromatic N) is 4. The maximum Gasteiger partial charge on any atom is 0.270 e. The highest BCUT2D eigenvalue weighted by atomic mass is 32.2. The Labute approximate surface area is 186 Å². The summed E-state index contributed by atoms with van der Waals surface area (Å²) < 4.78 is 28.7. The molecular weight excluding hydrogens is 436 g/mol. The van der Waals surface area contributed by atoms with Gasteiger partial charge in [0.2, 0.25) is 5.91 Å². The second-order valence-corrected chi connectivity index (χ2v) is 10.4. The number of rotatable bonds is 4. The average Bonchev–Trinajstić information content (AvgIpc) is 3.18. The Balaban J connectivity index is 1.37. The van der Waals surface area contributed by atoms with Crippen LogP contribution in [0.1, 0.15) is 29.6 Å². The average molecular weight is 463 g/mol. The zero-order valence-corrected chi connectivity index (χ0v) is 18.7. The molecule has 1 aromatic rings. The lowest BCUT2D eigenvalue weighted by Crippen LogP contribution is -2.53. The van der Waals surface area contributed by atoms with E-state index in [2.05, 4.69) is 5.10 Å². The number of hydrazone groups is 1. The highest BCUT2D eigenvalue weighted by molar-refractivity contribution is 7.91. The third-order valence-electron chi connectivity index (χ3n) is 6.05. The third-order valence-corrected chi connectivity index (χ3v) is 7.80. The summed E-state index contributed by atoms with van der Waals surface area (Å²) in [7, 11) is -1.61. The largest absolute Gasteiger partial charge is 0.497 e. The van der Waals surface area contributed by atoms with E-state index in [1.807, 2.05) is 0 Å². The Bertz CT molecular complexity index is 1040. The lowest BCUT2D eigenvalue weighted by atomic mass is 10.1. The number of sulfone groups is 1. The van der Waals surface area contributed by atoms with E-state index in [1.54, 1.807) is 41.2 Å². The van der Waals surface area contributed by atoms with E-state index in [9.17, 15) is 22.8 Å². The smallest absolute Gasteiger partial charge is 0.270 e. The summed E-state index contributed by atoms with van der Waals surface area (Å²) in [4.78, 5) is 41.3. The van der Waals surface area contributed by atoms with E-state index >= 15 is 0 Å². The van der Waals surface area contributed by atoms with Gasteiger partial charge in [-0.3, -0.25) is 14.4 Å². The molecule has 4 rings (SSSR count). The molecule has 0 aromatic heterocycles. The fourth-order valence-electron chi connectivity index (χ4n) is 4.19. The highest BCUT2D eigenvalue weighted by Crippen LogP contribution is 2.23. The second-order valence-electron chi connectivity index (χ2n) is 8.15. The van der Waals surface area contributed by atoms with E-state index in [0.29, 0.717) is 43.9 Å². The molecule has 1 aromatic carbocycles. The van der Waals surface area contributed by atoms with Gasteiger partial charge in [-0.2, -0.15) is 5.10 Å². The Morgan fingerprint density at radius 1 is 1.00 bits per heavy atom. The summed E-state index contributed by atoms with van der Waals surface area (Å²) >= 11 is 0. The summed E-state index contributed by atoms with van der Waals surface area (Å²) in [6, 6.07) is 6.39. The highest BCUT2D eigenvalue weighted by Gasteiger charge is 2.38. The number of hydrogen-bond acceptors (Lipinski definition) is 7. The van der Waals surface area contributed by atoms with Crippen LogP contribution in [0, 0.1) is 0 Å². The molecule has 3 aliphatic heterocycles. The zero-order chi connectivity index (χ0) is 22.9. The van der Waals surface area contributed by atoms with E-state index < -0.39 is 15.9 Å². The number of benzene rings is 1. The normalized spacial score (nSPS) is 23.2. The molecule has 2 saturated heterocycles. The maximum atomic E-state index is 13.0. The topological polar surface area (TPSA) is 117 Å². The van der Waals surface area contributed by atoms with Crippen LogP contribution < -0.4 is 4.74 Å². The first-order chi connectivity index (χ1) is 15.3. The summed E-state index contributed by atoms with van der Waals surface area (Å²) in [5.41, 5.74) is 0.826. The fraction of sp³-hybridized carbons (Fsp3) is 0.524. The Kier molecular flexibility index (Phi) is 6.18. The van der Waals surface area contributed by atoms with Crippen LogP contribution in [0.25, 0.3) is 0 Å². The first-order valence-electron chi connectivity index (χ1n) is 10.6. The van der Waals surface area contributed by atoms with Crippen molar-refractivity contribution in [3.8, 4) is 5.75 Å². The van der Waals surface area contributed by atoms with Crippen LogP contribution in [-0.2, 0) is 19.4 Å². The minimum absolute atomic E-state index is 0.0322. The van der Waals surface area contributed by atoms with Gasteiger partial charge >= 0.3 is 0 Å². The van der Waals surface area contributed by atoms with Crippen molar-refractivity contribution >= 4 is 33.3 Å². The molecule has 0 bridgehead atoms. The number of carbonyl (C=O) groups excluding carboxylic acids is 3. The monoisotopic (exact) mass is 462 g/mol. The Morgan fingerprint density at radius 3 is 2.19 bits per heavy atom. The van der Waals surface area contributed by atoms with E-state index in [0.717, 1.165) is 0 Å². The van der Waals surface area contributed by atoms with Gasteiger partial charge in [0.25, 0.3) is 11.8 Å². The van der Waals surface area contributed by atoms with Crippen molar-refractivity contribution in [1.29, 1.82) is 0 Å². The van der Waals surface area contributed by atoms with Gasteiger partial charge < -0.3 is 14.5 Å². The minimum atomic E-state index is -3.17. The van der Waals surface area contributed by atoms with Gasteiger partial charge in [-0.15, -0.1) is 0 Å². The van der Waals surface area contributed by atoms with Gasteiger partial charge in [-0.05, 0) is 30.7 Å². The SMILES string of the molecule is COc1ccc(C(=O)N2CCN(C(=O)C3=NN(C4CCS(=O)(=O)C4)C(=O)CC3)CC2)cc1. The van der Waals surface area contributed by atoms with Crippen LogP contribution in [0.5, 0.6) is 5.75 Å². The van der Waals surface area contributed by atoms with Crippen molar-refractivity contribution in [2.24, 2.45) is 5.10 Å². The molecule has 0 saturated carbocycles. The van der Waals surface area contributed by atoms with Crippen LogP contribution >= 0.6 is 0 Å². The standard InChI is InChI=1S/C21H26N4O6S/c1-31-17-4-2-15(3-5-17)20(27)23-9-11-24(12-10-23)21(28)18-6-7-19(26)25(22-18)16-8-13-32(29,30)14-16/h2-5,16H,6-14H2,1H3. The first kappa shape index (κ1) is 22.3. The number of methoxy groups -OCH3 is 1. The molecule has 0 radical (unpaired) electrons. The van der Waals surface area contributed by atoms with Crippen LogP contribution in [0.3, 0.4) is 0 Å². The molecular formula is C21H26N4O6S. The fourth-order valence-corrected chi connectivity index (χ4v) is 5.88. The van der Waals surface area contributed by atoms with Crippen LogP contribution in [-0.4, -0.2) is 97.5 Å². The lowest BCUT2D eigenvalue weighted by molar-refractivity contribution is -0.134. The molecule has 3 amide bonds. The van der Waals surface area contributed by atoms with Crippen molar-refractivity contribution < 1.29 is 27.5 Å². The van der Waals surface area contributed by atoms with Gasteiger partial charge in [0, 0.05) is 44.6 Å². The van der Waals surface area contributed by atoms with Crippen molar-refractivity contribution in [3.05, 3.63) is 29.8 Å². The van der Waals surface area contributed by atoms with Crippen LogP contribution in [0.15, 0.2) is 29.4 Å². The van der Waals surface area contributed by atoms with Gasteiger partial charge in [0.15, 0.2) is 9.84 Å². The Hall–Kier alpha value is -2.95. The molecule has 172 valence electrons. The summed E-state index contributed by atoms with van der Waals surface area (Å²) in [6.45, 7) is 1.53. The van der Waals surface area contributed by atoms with Crippen molar-refractivity contribution in [3.63, 3.8) is 0 Å². The molecule has 0 aliphatic carbocycles. The molecule has 1 atom stereocenters. The molecule has 3 heterocycles. The number of ether oxygens (including phenoxy) is 1. The van der Waals surface area contributed by atoms with E-state index in [1.165, 1.54) is 5.01 Å². The first-order valence-corrected chi connectivity index (χ1v) is 12.4. The molecule has 3 aliphatic rings. The lowest BCUT2D eigenvalue weighted by Gasteiger charge is -2.36. The molecule has 10 nitrogen and oxygen atoms in total. The van der Waals surface area contributed by atoms with Crippen molar-refractivity contribution in [2.75, 3.05) is 44.8 Å². The summed E-state index contributed by atoms with van der Waals surface area (Å²) in [5, 5.41) is 5.46. The van der Waals surface area contributed by atoms with Crippen LogP contribution in [0.2, 0.25) is 0 Å². The Morgan fingerprint density at radius 2 is 1.62 bits per heavy atom. The van der Waals surface area contributed by atoms with Crippen molar-refractivity contribution in [2.45, 2.75) is 25.3 Å². The third kappa shape index (κ3) is 4.62. The number of hydrogen-bond donors (Lipinski definition) is 0. The summed E-state index contributed by atoms with van der Waals surface area (Å²) in [6.07, 6.45) is 0.709. The van der Waals surface area contributed by atoms with E-state index in [-0.39, 0.29) is 47.8 Å². The number of carbonyl (C=O) groups is 3. The summed E-state index contributed by atoms with van der Waals surface area (Å²) in [5.74, 6) is -0.0271. The molecule has 11 heteroatoms. The maximum absolute atomic E-state index is 13.0.